The van der Waals surface area contributed by atoms with Gasteiger partial charge < -0.3 is 4.57 Å². The summed E-state index contributed by atoms with van der Waals surface area (Å²) in [5.74, 6) is 0. The first kappa shape index (κ1) is 17.3. The lowest BCUT2D eigenvalue weighted by atomic mass is 10.1. The second-order valence-corrected chi connectivity index (χ2v) is 7.21. The summed E-state index contributed by atoms with van der Waals surface area (Å²) >= 11 is 0. The van der Waals surface area contributed by atoms with E-state index in [1.165, 1.54) is 44.8 Å². The quantitative estimate of drug-likeness (QED) is 0.427. The van der Waals surface area contributed by atoms with Crippen molar-refractivity contribution in [2.24, 2.45) is 7.05 Å². The third kappa shape index (κ3) is 3.19. The number of hydrogen-bond donors (Lipinski definition) is 0. The summed E-state index contributed by atoms with van der Waals surface area (Å²) in [5, 5.41) is 1.27. The molecule has 2 heterocycles. The summed E-state index contributed by atoms with van der Waals surface area (Å²) in [7, 11) is 2.13. The molecule has 27 heavy (non-hydrogen) atoms. The Morgan fingerprint density at radius 3 is 2.37 bits per heavy atom. The monoisotopic (exact) mass is 353 g/mol. The second kappa shape index (κ2) is 6.88. The van der Waals surface area contributed by atoms with Gasteiger partial charge in [0.05, 0.1) is 0 Å². The zero-order valence-corrected chi connectivity index (χ0v) is 16.4. The van der Waals surface area contributed by atoms with E-state index in [9.17, 15) is 0 Å². The summed E-state index contributed by atoms with van der Waals surface area (Å²) in [4.78, 5) is 0. The standard InChI is InChI=1S/C25H25N2/c1-18-10-15-25-22(16-18)12-14-23(26(25)4)13-11-21-17-19(2)27(20(21)3)24-8-6-5-7-9-24/h5-17H,1-4H3/q+1. The van der Waals surface area contributed by atoms with Crippen LogP contribution in [0.4, 0.5) is 0 Å². The highest BCUT2D eigenvalue weighted by molar-refractivity contribution is 5.78. The molecule has 134 valence electrons. The van der Waals surface area contributed by atoms with Crippen molar-refractivity contribution in [2.45, 2.75) is 20.8 Å². The maximum Gasteiger partial charge on any atom is 0.212 e. The number of aryl methyl sites for hydroxylation is 3. The highest BCUT2D eigenvalue weighted by atomic mass is 15.0. The largest absolute Gasteiger partial charge is 0.318 e. The van der Waals surface area contributed by atoms with Crippen LogP contribution in [0.25, 0.3) is 28.7 Å². The molecule has 0 amide bonds. The molecule has 0 aliphatic rings. The first-order chi connectivity index (χ1) is 13.0. The van der Waals surface area contributed by atoms with Crippen molar-refractivity contribution in [3.05, 3.63) is 94.9 Å². The second-order valence-electron chi connectivity index (χ2n) is 7.21. The van der Waals surface area contributed by atoms with Crippen LogP contribution in [0, 0.1) is 20.8 Å². The Balaban J connectivity index is 1.73. The van der Waals surface area contributed by atoms with Gasteiger partial charge in [0.15, 0.2) is 0 Å². The van der Waals surface area contributed by atoms with Crippen molar-refractivity contribution in [3.8, 4) is 5.69 Å². The van der Waals surface area contributed by atoms with E-state index in [-0.39, 0.29) is 0 Å². The molecule has 0 fully saturated rings. The summed E-state index contributed by atoms with van der Waals surface area (Å²) < 4.78 is 4.56. The van der Waals surface area contributed by atoms with Crippen LogP contribution in [0.15, 0.2) is 66.7 Å². The predicted octanol–water partition coefficient (Wildman–Crippen LogP) is 5.55. The van der Waals surface area contributed by atoms with Gasteiger partial charge >= 0.3 is 0 Å². The van der Waals surface area contributed by atoms with Crippen molar-refractivity contribution in [3.63, 3.8) is 0 Å². The minimum atomic E-state index is 1.19. The first-order valence-electron chi connectivity index (χ1n) is 9.36. The molecule has 0 saturated heterocycles. The van der Waals surface area contributed by atoms with Crippen molar-refractivity contribution in [2.75, 3.05) is 0 Å². The van der Waals surface area contributed by atoms with Gasteiger partial charge in [-0.25, -0.2) is 0 Å². The van der Waals surface area contributed by atoms with E-state index in [1.807, 2.05) is 0 Å². The molecular weight excluding hydrogens is 328 g/mol. The molecule has 4 rings (SSSR count). The van der Waals surface area contributed by atoms with Gasteiger partial charge in [0.1, 0.15) is 7.05 Å². The number of fused-ring (bicyclic) bond motifs is 1. The third-order valence-corrected chi connectivity index (χ3v) is 5.28. The molecule has 0 radical (unpaired) electrons. The first-order valence-corrected chi connectivity index (χ1v) is 9.36. The Morgan fingerprint density at radius 2 is 1.59 bits per heavy atom. The fourth-order valence-corrected chi connectivity index (χ4v) is 3.81. The van der Waals surface area contributed by atoms with Gasteiger partial charge in [-0.15, -0.1) is 0 Å². The minimum Gasteiger partial charge on any atom is -0.318 e. The van der Waals surface area contributed by atoms with Gasteiger partial charge in [0.25, 0.3) is 0 Å². The summed E-state index contributed by atoms with van der Waals surface area (Å²) in [6.45, 7) is 6.48. The fourth-order valence-electron chi connectivity index (χ4n) is 3.81. The Hall–Kier alpha value is -3.13. The molecule has 0 saturated carbocycles. The maximum absolute atomic E-state index is 2.31. The minimum absolute atomic E-state index is 1.19. The Morgan fingerprint density at radius 1 is 0.815 bits per heavy atom. The van der Waals surface area contributed by atoms with Crippen molar-refractivity contribution < 1.29 is 4.57 Å². The molecule has 4 aromatic rings. The van der Waals surface area contributed by atoms with E-state index in [2.05, 4.69) is 116 Å². The van der Waals surface area contributed by atoms with E-state index in [0.717, 1.165) is 0 Å². The molecule has 0 aliphatic heterocycles. The molecule has 2 heteroatoms. The van der Waals surface area contributed by atoms with Crippen LogP contribution in [0.1, 0.15) is 28.2 Å². The predicted molar refractivity (Wildman–Crippen MR) is 114 cm³/mol. The van der Waals surface area contributed by atoms with E-state index < -0.39 is 0 Å². The van der Waals surface area contributed by atoms with Crippen LogP contribution in [0.5, 0.6) is 0 Å². The average Bonchev–Trinajstić information content (AvgIpc) is 2.95. The molecule has 2 aromatic heterocycles. The van der Waals surface area contributed by atoms with Gasteiger partial charge in [0.2, 0.25) is 11.2 Å². The molecule has 0 aliphatic carbocycles. The van der Waals surface area contributed by atoms with E-state index in [1.54, 1.807) is 0 Å². The number of nitrogens with zero attached hydrogens (tertiary/aromatic N) is 2. The molecule has 2 aromatic carbocycles. The van der Waals surface area contributed by atoms with Crippen LogP contribution >= 0.6 is 0 Å². The number of hydrogen-bond acceptors (Lipinski definition) is 0. The van der Waals surface area contributed by atoms with E-state index in [0.29, 0.717) is 0 Å². The molecule has 0 atom stereocenters. The molecule has 0 bridgehead atoms. The molecular formula is C25H25N2+. The summed E-state index contributed by atoms with van der Waals surface area (Å²) in [6.07, 6.45) is 4.42. The lowest BCUT2D eigenvalue weighted by Gasteiger charge is -2.09. The average molecular weight is 353 g/mol. The summed E-state index contributed by atoms with van der Waals surface area (Å²) in [5.41, 5.74) is 8.69. The highest BCUT2D eigenvalue weighted by Crippen LogP contribution is 2.22. The fraction of sp³-hybridized carbons (Fsp3) is 0.160. The smallest absolute Gasteiger partial charge is 0.212 e. The van der Waals surface area contributed by atoms with Crippen molar-refractivity contribution >= 4 is 23.1 Å². The molecule has 0 unspecified atom stereocenters. The van der Waals surface area contributed by atoms with Gasteiger partial charge in [-0.1, -0.05) is 29.8 Å². The molecule has 2 nitrogen and oxygen atoms in total. The van der Waals surface area contributed by atoms with Crippen LogP contribution in [0.3, 0.4) is 0 Å². The van der Waals surface area contributed by atoms with Gasteiger partial charge in [-0.3, -0.25) is 0 Å². The maximum atomic E-state index is 2.31. The normalized spacial score (nSPS) is 11.6. The SMILES string of the molecule is Cc1ccc2c(ccc(/C=C/c3cc(C)n(-c4ccccc4)c3C)[n+]2C)c1. The van der Waals surface area contributed by atoms with Crippen LogP contribution < -0.4 is 4.57 Å². The zero-order chi connectivity index (χ0) is 19.0. The number of aromatic nitrogens is 2. The van der Waals surface area contributed by atoms with Crippen molar-refractivity contribution in [1.29, 1.82) is 0 Å². The van der Waals surface area contributed by atoms with Gasteiger partial charge in [0, 0.05) is 40.7 Å². The Labute approximate surface area is 161 Å². The van der Waals surface area contributed by atoms with Crippen LogP contribution in [-0.2, 0) is 7.05 Å². The Bertz CT molecular complexity index is 1150. The molecule has 0 spiro atoms. The van der Waals surface area contributed by atoms with Crippen LogP contribution in [0.2, 0.25) is 0 Å². The number of benzene rings is 2. The van der Waals surface area contributed by atoms with E-state index in [4.69, 9.17) is 0 Å². The topological polar surface area (TPSA) is 8.81 Å². The van der Waals surface area contributed by atoms with Gasteiger partial charge in [-0.05, 0) is 62.7 Å². The third-order valence-electron chi connectivity index (χ3n) is 5.28. The summed E-state index contributed by atoms with van der Waals surface area (Å²) in [6, 6.07) is 23.8. The number of pyridine rings is 1. The van der Waals surface area contributed by atoms with Crippen LogP contribution in [-0.4, -0.2) is 4.57 Å². The lowest BCUT2D eigenvalue weighted by Crippen LogP contribution is -2.32. The molecule has 0 N–H and O–H groups in total. The van der Waals surface area contributed by atoms with Crippen molar-refractivity contribution in [1.82, 2.24) is 4.57 Å². The Kier molecular flexibility index (Phi) is 4.41. The lowest BCUT2D eigenvalue weighted by molar-refractivity contribution is -0.646. The zero-order valence-electron chi connectivity index (χ0n) is 16.4. The number of para-hydroxylation sites is 1. The number of rotatable bonds is 3. The van der Waals surface area contributed by atoms with Gasteiger partial charge in [-0.2, -0.15) is 4.57 Å². The van der Waals surface area contributed by atoms with E-state index >= 15 is 0 Å². The highest BCUT2D eigenvalue weighted by Gasteiger charge is 2.11.